The van der Waals surface area contributed by atoms with Gasteiger partial charge in [-0.2, -0.15) is 0 Å². The normalized spacial score (nSPS) is 12.0. The Morgan fingerprint density at radius 3 is 1.32 bits per heavy atom. The Labute approximate surface area is 155 Å². The van der Waals surface area contributed by atoms with Gasteiger partial charge in [0.15, 0.2) is 0 Å². The van der Waals surface area contributed by atoms with Crippen LogP contribution in [0.4, 0.5) is 0 Å². The Bertz CT molecular complexity index is 241. The lowest BCUT2D eigenvalue weighted by atomic mass is 10.1. The van der Waals surface area contributed by atoms with Crippen LogP contribution in [0.2, 0.25) is 6.04 Å². The van der Waals surface area contributed by atoms with Crippen molar-refractivity contribution in [1.82, 2.24) is 0 Å². The van der Waals surface area contributed by atoms with Crippen molar-refractivity contribution in [3.8, 4) is 0 Å². The summed E-state index contributed by atoms with van der Waals surface area (Å²) in [7, 11) is 2.28. The molecule has 0 fully saturated rings. The first-order chi connectivity index (χ1) is 12.2. The molecule has 0 heterocycles. The highest BCUT2D eigenvalue weighted by atomic mass is 28.4. The van der Waals surface area contributed by atoms with E-state index in [1.165, 1.54) is 38.5 Å². The maximum atomic E-state index is 6.07. The van der Waals surface area contributed by atoms with Crippen LogP contribution in [-0.4, -0.2) is 69.8 Å². The molecule has 0 rings (SSSR count). The van der Waals surface area contributed by atoms with Gasteiger partial charge in [-0.15, -0.1) is 0 Å². The third kappa shape index (κ3) is 14.8. The van der Waals surface area contributed by atoms with Crippen LogP contribution in [0.3, 0.4) is 0 Å². The summed E-state index contributed by atoms with van der Waals surface area (Å²) in [6.07, 6.45) is 8.76. The molecule has 0 radical (unpaired) electrons. The zero-order valence-electron chi connectivity index (χ0n) is 16.8. The molecule has 0 N–H and O–H groups in total. The van der Waals surface area contributed by atoms with Gasteiger partial charge in [0, 0.05) is 27.4 Å². The molecule has 0 aliphatic carbocycles. The lowest BCUT2D eigenvalue weighted by Gasteiger charge is -2.29. The summed E-state index contributed by atoms with van der Waals surface area (Å²) < 4.78 is 33.5. The fourth-order valence-corrected chi connectivity index (χ4v) is 5.03. The first-order valence-corrected chi connectivity index (χ1v) is 11.6. The van der Waals surface area contributed by atoms with Gasteiger partial charge in [0.2, 0.25) is 0 Å². The number of hydrogen-bond acceptors (Lipinski definition) is 6. The van der Waals surface area contributed by atoms with Crippen molar-refractivity contribution in [1.29, 1.82) is 0 Å². The third-order valence-corrected chi connectivity index (χ3v) is 6.81. The second kappa shape index (κ2) is 18.8. The van der Waals surface area contributed by atoms with Crippen LogP contribution in [0.25, 0.3) is 0 Å². The van der Waals surface area contributed by atoms with Crippen molar-refractivity contribution in [2.75, 3.05) is 61.0 Å². The molecule has 0 aliphatic rings. The number of hydrogen-bond donors (Lipinski definition) is 0. The number of methoxy groups -OCH3 is 3. The Morgan fingerprint density at radius 2 is 0.920 bits per heavy atom. The summed E-state index contributed by atoms with van der Waals surface area (Å²) in [5.74, 6) is 0. The molecule has 0 saturated carbocycles. The van der Waals surface area contributed by atoms with E-state index in [-0.39, 0.29) is 0 Å². The van der Waals surface area contributed by atoms with Crippen LogP contribution in [0.1, 0.15) is 51.9 Å². The zero-order chi connectivity index (χ0) is 18.6. The first kappa shape index (κ1) is 25.0. The Balaban J connectivity index is 4.43. The van der Waals surface area contributed by atoms with Gasteiger partial charge in [-0.25, -0.2) is 0 Å². The quantitative estimate of drug-likeness (QED) is 0.237. The molecular formula is C18H40O6Si. The lowest BCUT2D eigenvalue weighted by molar-refractivity contribution is 0.0142. The van der Waals surface area contributed by atoms with Gasteiger partial charge >= 0.3 is 8.80 Å². The van der Waals surface area contributed by atoms with Gasteiger partial charge in [0.1, 0.15) is 0 Å². The molecule has 152 valence electrons. The van der Waals surface area contributed by atoms with Crippen LogP contribution in [0.5, 0.6) is 0 Å². The molecule has 25 heavy (non-hydrogen) atoms. The second-order valence-electron chi connectivity index (χ2n) is 6.08. The van der Waals surface area contributed by atoms with Crippen molar-refractivity contribution in [2.24, 2.45) is 0 Å². The molecule has 0 atom stereocenters. The largest absolute Gasteiger partial charge is 0.501 e. The van der Waals surface area contributed by atoms with Gasteiger partial charge in [-0.3, -0.25) is 0 Å². The van der Waals surface area contributed by atoms with E-state index in [2.05, 4.69) is 6.92 Å². The van der Waals surface area contributed by atoms with Crippen molar-refractivity contribution in [3.63, 3.8) is 0 Å². The van der Waals surface area contributed by atoms with Crippen LogP contribution in [0, 0.1) is 0 Å². The summed E-state index contributed by atoms with van der Waals surface area (Å²) in [4.78, 5) is 0. The number of rotatable bonds is 20. The summed E-state index contributed by atoms with van der Waals surface area (Å²) in [5, 5.41) is 0. The first-order valence-electron chi connectivity index (χ1n) is 9.63. The maximum absolute atomic E-state index is 6.07. The molecule has 6 nitrogen and oxygen atoms in total. The molecule has 0 aliphatic heterocycles. The van der Waals surface area contributed by atoms with Gasteiger partial charge in [-0.05, 0) is 6.42 Å². The minimum absolute atomic E-state index is 0.485. The van der Waals surface area contributed by atoms with Gasteiger partial charge in [0.25, 0.3) is 0 Å². The lowest BCUT2D eigenvalue weighted by Crippen LogP contribution is -2.48. The average Bonchev–Trinajstić information content (AvgIpc) is 2.61. The Hall–Kier alpha value is -0.0231. The van der Waals surface area contributed by atoms with Crippen LogP contribution in [-0.2, 0) is 27.5 Å². The third-order valence-electron chi connectivity index (χ3n) is 3.91. The minimum atomic E-state index is -2.72. The predicted molar refractivity (Wildman–Crippen MR) is 102 cm³/mol. The van der Waals surface area contributed by atoms with Crippen molar-refractivity contribution in [3.05, 3.63) is 0 Å². The summed E-state index contributed by atoms with van der Waals surface area (Å²) in [6, 6.07) is 0.831. The molecule has 0 aromatic heterocycles. The van der Waals surface area contributed by atoms with Gasteiger partial charge in [-0.1, -0.05) is 45.4 Å². The van der Waals surface area contributed by atoms with E-state index in [1.807, 2.05) is 0 Å². The second-order valence-corrected chi connectivity index (χ2v) is 8.81. The summed E-state index contributed by atoms with van der Waals surface area (Å²) >= 11 is 0. The summed E-state index contributed by atoms with van der Waals surface area (Å²) in [6.45, 7) is 5.30. The monoisotopic (exact) mass is 380 g/mol. The molecule has 0 bridgehead atoms. The van der Waals surface area contributed by atoms with Gasteiger partial charge < -0.3 is 27.5 Å². The van der Waals surface area contributed by atoms with Crippen molar-refractivity contribution < 1.29 is 27.5 Å². The van der Waals surface area contributed by atoms with E-state index >= 15 is 0 Å². The van der Waals surface area contributed by atoms with E-state index < -0.39 is 8.80 Å². The van der Waals surface area contributed by atoms with Crippen LogP contribution >= 0.6 is 0 Å². The zero-order valence-corrected chi connectivity index (χ0v) is 17.8. The number of ether oxygens (including phenoxy) is 3. The SMILES string of the molecule is CCCCCCCCC[Si](OCCOC)(OCCOC)OCCOC. The highest BCUT2D eigenvalue weighted by molar-refractivity contribution is 6.60. The van der Waals surface area contributed by atoms with E-state index in [0.717, 1.165) is 12.5 Å². The molecular weight excluding hydrogens is 340 g/mol. The van der Waals surface area contributed by atoms with E-state index in [9.17, 15) is 0 Å². The molecule has 7 heteroatoms. The van der Waals surface area contributed by atoms with Crippen LogP contribution in [0.15, 0.2) is 0 Å². The van der Waals surface area contributed by atoms with Crippen molar-refractivity contribution in [2.45, 2.75) is 57.9 Å². The molecule has 0 saturated heterocycles. The van der Waals surface area contributed by atoms with Gasteiger partial charge in [0.05, 0.1) is 39.6 Å². The smallest absolute Gasteiger partial charge is 0.382 e. The fraction of sp³-hybridized carbons (Fsp3) is 1.00. The molecule has 0 spiro atoms. The minimum Gasteiger partial charge on any atom is -0.382 e. The molecule has 0 amide bonds. The summed E-state index contributed by atoms with van der Waals surface area (Å²) in [5.41, 5.74) is 0. The average molecular weight is 381 g/mol. The molecule has 0 aromatic rings. The predicted octanol–water partition coefficient (Wildman–Crippen LogP) is 3.66. The highest BCUT2D eigenvalue weighted by Crippen LogP contribution is 2.21. The standard InChI is InChI=1S/C18H40O6Si/c1-5-6-7-8-9-10-11-18-25(22-15-12-19-2,23-16-13-20-3)24-17-14-21-4/h5-18H2,1-4H3. The van der Waals surface area contributed by atoms with E-state index in [4.69, 9.17) is 27.5 Å². The molecule has 0 aromatic carbocycles. The highest BCUT2D eigenvalue weighted by Gasteiger charge is 2.40. The molecule has 0 unspecified atom stereocenters. The van der Waals surface area contributed by atoms with E-state index in [1.54, 1.807) is 21.3 Å². The topological polar surface area (TPSA) is 55.4 Å². The van der Waals surface area contributed by atoms with Crippen molar-refractivity contribution >= 4 is 8.80 Å². The Kier molecular flexibility index (Phi) is 18.7. The van der Waals surface area contributed by atoms with E-state index in [0.29, 0.717) is 39.6 Å². The Morgan fingerprint density at radius 1 is 0.520 bits per heavy atom. The number of unbranched alkanes of at least 4 members (excludes halogenated alkanes) is 6. The fourth-order valence-electron chi connectivity index (χ4n) is 2.48. The maximum Gasteiger partial charge on any atom is 0.501 e. The van der Waals surface area contributed by atoms with Crippen LogP contribution < -0.4 is 0 Å².